The first kappa shape index (κ1) is 11.2. The van der Waals surface area contributed by atoms with Crippen LogP contribution in [0.1, 0.15) is 0 Å². The zero-order valence-electron chi connectivity index (χ0n) is 9.35. The number of nitrogens with zero attached hydrogens (tertiary/aromatic N) is 2. The molecule has 0 saturated carbocycles. The Morgan fingerprint density at radius 3 is 3.00 bits per heavy atom. The van der Waals surface area contributed by atoms with E-state index >= 15 is 0 Å². The summed E-state index contributed by atoms with van der Waals surface area (Å²) < 4.78 is 5.29. The summed E-state index contributed by atoms with van der Waals surface area (Å²) in [7, 11) is 0. The van der Waals surface area contributed by atoms with Gasteiger partial charge in [0.15, 0.2) is 0 Å². The molecule has 0 unspecified atom stereocenters. The van der Waals surface area contributed by atoms with Crippen LogP contribution in [-0.4, -0.2) is 49.3 Å². The van der Waals surface area contributed by atoms with Crippen LogP contribution in [0, 0.1) is 0 Å². The summed E-state index contributed by atoms with van der Waals surface area (Å²) >= 11 is 0. The van der Waals surface area contributed by atoms with E-state index in [1.54, 1.807) is 12.3 Å². The summed E-state index contributed by atoms with van der Waals surface area (Å²) in [4.78, 5) is 6.57. The Bertz CT molecular complexity index is 326. The van der Waals surface area contributed by atoms with Gasteiger partial charge in [-0.15, -0.1) is 0 Å². The number of nitrogens with two attached hydrogens (primary N) is 1. The number of pyridine rings is 1. The van der Waals surface area contributed by atoms with Crippen molar-refractivity contribution in [1.29, 1.82) is 0 Å². The number of nitrogens with one attached hydrogen (secondary N) is 1. The first-order valence-corrected chi connectivity index (χ1v) is 5.60. The SMILES string of the molecule is Nc1ccnc(NCCN2CCOCC2)c1. The number of rotatable bonds is 4. The largest absolute Gasteiger partial charge is 0.399 e. The third-order valence-electron chi connectivity index (χ3n) is 2.62. The van der Waals surface area contributed by atoms with Crippen molar-refractivity contribution in [2.75, 3.05) is 50.4 Å². The van der Waals surface area contributed by atoms with Crippen molar-refractivity contribution in [3.63, 3.8) is 0 Å². The Balaban J connectivity index is 1.71. The van der Waals surface area contributed by atoms with Crippen molar-refractivity contribution in [3.8, 4) is 0 Å². The van der Waals surface area contributed by atoms with Gasteiger partial charge in [0.05, 0.1) is 13.2 Å². The smallest absolute Gasteiger partial charge is 0.127 e. The standard InChI is InChI=1S/C11H18N4O/c12-10-1-2-13-11(9-10)14-3-4-15-5-7-16-8-6-15/h1-2,9H,3-8H2,(H3,12,13,14). The number of hydrogen-bond donors (Lipinski definition) is 2. The molecule has 3 N–H and O–H groups in total. The van der Waals surface area contributed by atoms with Gasteiger partial charge in [0.1, 0.15) is 5.82 Å². The Labute approximate surface area is 95.6 Å². The summed E-state index contributed by atoms with van der Waals surface area (Å²) in [5.41, 5.74) is 6.41. The van der Waals surface area contributed by atoms with Crippen LogP contribution in [0.15, 0.2) is 18.3 Å². The Hall–Kier alpha value is -1.33. The van der Waals surface area contributed by atoms with Crippen molar-refractivity contribution in [2.45, 2.75) is 0 Å². The summed E-state index contributed by atoms with van der Waals surface area (Å²) in [6, 6.07) is 3.63. The monoisotopic (exact) mass is 222 g/mol. The molecule has 16 heavy (non-hydrogen) atoms. The van der Waals surface area contributed by atoms with Gasteiger partial charge in [0, 0.05) is 44.1 Å². The van der Waals surface area contributed by atoms with Gasteiger partial charge in [0.2, 0.25) is 0 Å². The predicted molar refractivity (Wildman–Crippen MR) is 64.4 cm³/mol. The Morgan fingerprint density at radius 2 is 2.25 bits per heavy atom. The molecule has 0 aromatic carbocycles. The van der Waals surface area contributed by atoms with Gasteiger partial charge in [-0.25, -0.2) is 4.98 Å². The van der Waals surface area contributed by atoms with E-state index in [0.717, 1.165) is 50.9 Å². The Morgan fingerprint density at radius 1 is 1.44 bits per heavy atom. The van der Waals surface area contributed by atoms with Crippen molar-refractivity contribution in [1.82, 2.24) is 9.88 Å². The first-order chi connectivity index (χ1) is 7.84. The van der Waals surface area contributed by atoms with Gasteiger partial charge in [0.25, 0.3) is 0 Å². The first-order valence-electron chi connectivity index (χ1n) is 5.60. The lowest BCUT2D eigenvalue weighted by molar-refractivity contribution is 0.0398. The molecule has 1 fully saturated rings. The fourth-order valence-electron chi connectivity index (χ4n) is 1.71. The normalized spacial score (nSPS) is 17.2. The fourth-order valence-corrected chi connectivity index (χ4v) is 1.71. The zero-order chi connectivity index (χ0) is 11.2. The third kappa shape index (κ3) is 3.36. The molecule has 0 bridgehead atoms. The molecule has 0 spiro atoms. The molecule has 0 amide bonds. The van der Waals surface area contributed by atoms with Crippen LogP contribution in [0.4, 0.5) is 11.5 Å². The molecule has 1 aliphatic heterocycles. The van der Waals surface area contributed by atoms with E-state index in [9.17, 15) is 0 Å². The zero-order valence-corrected chi connectivity index (χ0v) is 9.35. The molecule has 1 aromatic heterocycles. The second-order valence-corrected chi connectivity index (χ2v) is 3.86. The van der Waals surface area contributed by atoms with Crippen LogP contribution in [0.5, 0.6) is 0 Å². The van der Waals surface area contributed by atoms with Crippen molar-refractivity contribution in [3.05, 3.63) is 18.3 Å². The van der Waals surface area contributed by atoms with E-state index in [-0.39, 0.29) is 0 Å². The minimum absolute atomic E-state index is 0.740. The molecule has 5 heteroatoms. The van der Waals surface area contributed by atoms with Gasteiger partial charge in [-0.1, -0.05) is 0 Å². The maximum absolute atomic E-state index is 5.67. The van der Waals surface area contributed by atoms with Crippen molar-refractivity contribution in [2.24, 2.45) is 0 Å². The summed E-state index contributed by atoms with van der Waals surface area (Å²) in [6.07, 6.45) is 1.71. The number of morpholine rings is 1. The second-order valence-electron chi connectivity index (χ2n) is 3.86. The van der Waals surface area contributed by atoms with E-state index in [1.807, 2.05) is 6.07 Å². The van der Waals surface area contributed by atoms with Crippen LogP contribution in [0.3, 0.4) is 0 Å². The van der Waals surface area contributed by atoms with E-state index < -0.39 is 0 Å². The minimum atomic E-state index is 0.740. The van der Waals surface area contributed by atoms with Crippen LogP contribution in [-0.2, 0) is 4.74 Å². The highest BCUT2D eigenvalue weighted by Gasteiger charge is 2.09. The highest BCUT2D eigenvalue weighted by molar-refractivity contribution is 5.48. The van der Waals surface area contributed by atoms with Gasteiger partial charge in [-0.3, -0.25) is 4.90 Å². The van der Waals surface area contributed by atoms with Crippen LogP contribution in [0.25, 0.3) is 0 Å². The van der Waals surface area contributed by atoms with Crippen molar-refractivity contribution < 1.29 is 4.74 Å². The molecule has 0 atom stereocenters. The highest BCUT2D eigenvalue weighted by Crippen LogP contribution is 2.07. The summed E-state index contributed by atoms with van der Waals surface area (Å²) in [5.74, 6) is 0.841. The van der Waals surface area contributed by atoms with Crippen molar-refractivity contribution >= 4 is 11.5 Å². The molecular formula is C11H18N4O. The van der Waals surface area contributed by atoms with Gasteiger partial charge < -0.3 is 15.8 Å². The van der Waals surface area contributed by atoms with E-state index in [2.05, 4.69) is 15.2 Å². The summed E-state index contributed by atoms with van der Waals surface area (Å²) in [5, 5.41) is 3.26. The molecule has 0 aliphatic carbocycles. The molecular weight excluding hydrogens is 204 g/mol. The maximum atomic E-state index is 5.67. The highest BCUT2D eigenvalue weighted by atomic mass is 16.5. The van der Waals surface area contributed by atoms with Gasteiger partial charge in [-0.05, 0) is 6.07 Å². The molecule has 0 radical (unpaired) electrons. The lowest BCUT2D eigenvalue weighted by Crippen LogP contribution is -2.39. The molecule has 5 nitrogen and oxygen atoms in total. The number of anilines is 2. The molecule has 88 valence electrons. The number of nitrogen functional groups attached to an aromatic ring is 1. The number of aromatic nitrogens is 1. The quantitative estimate of drug-likeness (QED) is 0.772. The van der Waals surface area contributed by atoms with Gasteiger partial charge in [-0.2, -0.15) is 0 Å². The van der Waals surface area contributed by atoms with E-state index in [1.165, 1.54) is 0 Å². The average Bonchev–Trinajstić information content (AvgIpc) is 2.30. The molecule has 1 saturated heterocycles. The van der Waals surface area contributed by atoms with Gasteiger partial charge >= 0.3 is 0 Å². The minimum Gasteiger partial charge on any atom is -0.399 e. The topological polar surface area (TPSA) is 63.4 Å². The molecule has 2 rings (SSSR count). The van der Waals surface area contributed by atoms with E-state index in [4.69, 9.17) is 10.5 Å². The van der Waals surface area contributed by atoms with Crippen LogP contribution < -0.4 is 11.1 Å². The molecule has 1 aromatic rings. The Kier molecular flexibility index (Phi) is 3.96. The number of hydrogen-bond acceptors (Lipinski definition) is 5. The fraction of sp³-hybridized carbons (Fsp3) is 0.545. The van der Waals surface area contributed by atoms with Crippen LogP contribution in [0.2, 0.25) is 0 Å². The van der Waals surface area contributed by atoms with Crippen LogP contribution >= 0.6 is 0 Å². The summed E-state index contributed by atoms with van der Waals surface area (Å²) in [6.45, 7) is 5.63. The van der Waals surface area contributed by atoms with E-state index in [0.29, 0.717) is 0 Å². The predicted octanol–water partition coefficient (Wildman–Crippen LogP) is 0.408. The lowest BCUT2D eigenvalue weighted by atomic mass is 10.4. The molecule has 1 aliphatic rings. The molecule has 2 heterocycles. The lowest BCUT2D eigenvalue weighted by Gasteiger charge is -2.26. The maximum Gasteiger partial charge on any atom is 0.127 e. The average molecular weight is 222 g/mol. The second kappa shape index (κ2) is 5.67. The number of ether oxygens (including phenoxy) is 1. The third-order valence-corrected chi connectivity index (χ3v) is 2.62.